The van der Waals surface area contributed by atoms with E-state index in [1.54, 1.807) is 35.5 Å². The summed E-state index contributed by atoms with van der Waals surface area (Å²) in [6.45, 7) is 3.76. The molecule has 4 rings (SSSR count). The number of pyridine rings is 1. The van der Waals surface area contributed by atoms with Gasteiger partial charge in [0.2, 0.25) is 6.41 Å². The fourth-order valence-electron chi connectivity index (χ4n) is 4.22. The van der Waals surface area contributed by atoms with Crippen molar-refractivity contribution in [3.8, 4) is 28.0 Å². The maximum atomic E-state index is 14.8. The molecule has 0 radical (unpaired) electrons. The Bertz CT molecular complexity index is 1270. The van der Waals surface area contributed by atoms with Crippen molar-refractivity contribution in [3.63, 3.8) is 0 Å². The molecule has 3 aromatic rings. The maximum Gasteiger partial charge on any atom is 0.218 e. The summed E-state index contributed by atoms with van der Waals surface area (Å²) >= 11 is 6.49. The van der Waals surface area contributed by atoms with Crippen LogP contribution in [0.15, 0.2) is 54.9 Å². The lowest BCUT2D eigenvalue weighted by atomic mass is 9.96. The number of hydrogen-bond acceptors (Lipinski definition) is 5. The molecule has 182 valence electrons. The SMILES string of the molecule is Cc1cc(-c2cc(F)cc(-c3ccc(N(C=O)/C=C\N(C)C)c(Cl)c3)c2O)cc(N2CCCC2)n1. The lowest BCUT2D eigenvalue weighted by Crippen LogP contribution is -2.19. The van der Waals surface area contributed by atoms with Crippen molar-refractivity contribution in [1.29, 1.82) is 0 Å². The normalized spacial score (nSPS) is 13.5. The summed E-state index contributed by atoms with van der Waals surface area (Å²) in [7, 11) is 3.68. The first kappa shape index (κ1) is 24.5. The van der Waals surface area contributed by atoms with Crippen molar-refractivity contribution in [2.75, 3.05) is 37.0 Å². The zero-order chi connectivity index (χ0) is 25.1. The van der Waals surface area contributed by atoms with Crippen LogP contribution in [0.5, 0.6) is 5.75 Å². The van der Waals surface area contributed by atoms with Gasteiger partial charge in [-0.1, -0.05) is 17.7 Å². The Balaban J connectivity index is 1.75. The van der Waals surface area contributed by atoms with Crippen molar-refractivity contribution in [3.05, 3.63) is 71.4 Å². The average molecular weight is 495 g/mol. The summed E-state index contributed by atoms with van der Waals surface area (Å²) in [5.41, 5.74) is 3.19. The lowest BCUT2D eigenvalue weighted by molar-refractivity contribution is -0.106. The van der Waals surface area contributed by atoms with Crippen LogP contribution in [0, 0.1) is 12.7 Å². The average Bonchev–Trinajstić information content (AvgIpc) is 3.36. The number of aryl methyl sites for hydroxylation is 1. The van der Waals surface area contributed by atoms with E-state index in [9.17, 15) is 14.3 Å². The van der Waals surface area contributed by atoms with Crippen LogP contribution in [0.25, 0.3) is 22.3 Å². The van der Waals surface area contributed by atoms with Gasteiger partial charge in [0, 0.05) is 56.4 Å². The minimum Gasteiger partial charge on any atom is -0.507 e. The molecule has 1 aliphatic rings. The van der Waals surface area contributed by atoms with E-state index in [4.69, 9.17) is 11.6 Å². The number of nitrogens with zero attached hydrogens (tertiary/aromatic N) is 4. The Kier molecular flexibility index (Phi) is 7.26. The van der Waals surface area contributed by atoms with Crippen molar-refractivity contribution in [2.24, 2.45) is 0 Å². The zero-order valence-corrected chi connectivity index (χ0v) is 20.8. The maximum absolute atomic E-state index is 14.8. The van der Waals surface area contributed by atoms with Crippen LogP contribution in [-0.2, 0) is 4.79 Å². The molecular weight excluding hydrogens is 467 g/mol. The summed E-state index contributed by atoms with van der Waals surface area (Å²) in [6.07, 6.45) is 6.20. The molecule has 8 heteroatoms. The molecule has 0 aliphatic carbocycles. The topological polar surface area (TPSA) is 59.9 Å². The summed E-state index contributed by atoms with van der Waals surface area (Å²) in [6, 6.07) is 11.3. The van der Waals surface area contributed by atoms with E-state index >= 15 is 0 Å². The fraction of sp³-hybridized carbons (Fsp3) is 0.259. The number of anilines is 2. The minimum atomic E-state index is -0.478. The third-order valence-electron chi connectivity index (χ3n) is 5.93. The van der Waals surface area contributed by atoms with Gasteiger partial charge in [-0.2, -0.15) is 0 Å². The molecule has 0 spiro atoms. The zero-order valence-electron chi connectivity index (χ0n) is 20.0. The highest BCUT2D eigenvalue weighted by Crippen LogP contribution is 2.42. The van der Waals surface area contributed by atoms with E-state index in [1.165, 1.54) is 17.0 Å². The second kappa shape index (κ2) is 10.4. The molecule has 6 nitrogen and oxygen atoms in total. The second-order valence-corrected chi connectivity index (χ2v) is 9.25. The first-order chi connectivity index (χ1) is 16.8. The van der Waals surface area contributed by atoms with Crippen molar-refractivity contribution in [1.82, 2.24) is 9.88 Å². The summed E-state index contributed by atoms with van der Waals surface area (Å²) in [5.74, 6) is 0.302. The molecule has 1 saturated heterocycles. The molecular formula is C27H28ClFN4O2. The van der Waals surface area contributed by atoms with Crippen LogP contribution in [0.1, 0.15) is 18.5 Å². The number of carbonyl (C=O) groups is 1. The molecule has 1 amide bonds. The van der Waals surface area contributed by atoms with E-state index in [2.05, 4.69) is 9.88 Å². The number of benzene rings is 2. The second-order valence-electron chi connectivity index (χ2n) is 8.84. The highest BCUT2D eigenvalue weighted by atomic mass is 35.5. The predicted octanol–water partition coefficient (Wildman–Crippen LogP) is 5.82. The smallest absolute Gasteiger partial charge is 0.218 e. The third kappa shape index (κ3) is 5.41. The highest BCUT2D eigenvalue weighted by molar-refractivity contribution is 6.34. The van der Waals surface area contributed by atoms with E-state index in [1.807, 2.05) is 33.2 Å². The van der Waals surface area contributed by atoms with Crippen LogP contribution in [0.2, 0.25) is 5.02 Å². The third-order valence-corrected chi connectivity index (χ3v) is 6.23. The molecule has 0 unspecified atom stereocenters. The first-order valence-electron chi connectivity index (χ1n) is 11.4. The van der Waals surface area contributed by atoms with Gasteiger partial charge >= 0.3 is 0 Å². The van der Waals surface area contributed by atoms with E-state index in [0.717, 1.165) is 37.4 Å². The number of carbonyl (C=O) groups excluding carboxylic acids is 1. The molecule has 1 aromatic heterocycles. The Labute approximate surface area is 209 Å². The van der Waals surface area contributed by atoms with Crippen LogP contribution < -0.4 is 9.80 Å². The lowest BCUT2D eigenvalue weighted by Gasteiger charge is -2.19. The van der Waals surface area contributed by atoms with Gasteiger partial charge < -0.3 is 14.9 Å². The number of aromatic hydroxyl groups is 1. The number of aromatic nitrogens is 1. The quantitative estimate of drug-likeness (QED) is 0.419. The van der Waals surface area contributed by atoms with Crippen molar-refractivity contribution < 1.29 is 14.3 Å². The molecule has 0 saturated carbocycles. The Morgan fingerprint density at radius 3 is 2.34 bits per heavy atom. The molecule has 1 aliphatic heterocycles. The van der Waals surface area contributed by atoms with Gasteiger partial charge in [0.15, 0.2) is 0 Å². The fourth-order valence-corrected chi connectivity index (χ4v) is 4.49. The predicted molar refractivity (Wildman–Crippen MR) is 139 cm³/mol. The molecule has 0 atom stereocenters. The Hall–Kier alpha value is -3.58. The largest absolute Gasteiger partial charge is 0.507 e. The van der Waals surface area contributed by atoms with E-state index in [-0.39, 0.29) is 5.75 Å². The Morgan fingerprint density at radius 1 is 1.03 bits per heavy atom. The number of amides is 1. The van der Waals surface area contributed by atoms with Gasteiger partial charge in [-0.25, -0.2) is 9.37 Å². The number of rotatable bonds is 7. The molecule has 2 aromatic carbocycles. The summed E-state index contributed by atoms with van der Waals surface area (Å²) in [5, 5.41) is 11.5. The van der Waals surface area contributed by atoms with Crippen molar-refractivity contribution >= 4 is 29.5 Å². The Morgan fingerprint density at radius 2 is 1.71 bits per heavy atom. The van der Waals surface area contributed by atoms with Crippen LogP contribution in [-0.4, -0.2) is 48.6 Å². The van der Waals surface area contributed by atoms with Crippen molar-refractivity contribution in [2.45, 2.75) is 19.8 Å². The number of phenolic OH excluding ortho intramolecular Hbond substituents is 1. The van der Waals surface area contributed by atoms with Gasteiger partial charge in [-0.15, -0.1) is 0 Å². The molecule has 1 N–H and O–H groups in total. The van der Waals surface area contributed by atoms with Gasteiger partial charge in [-0.3, -0.25) is 9.69 Å². The standard InChI is InChI=1S/C27H28ClFN4O2/c1-18-12-20(14-26(30-18)32-8-4-5-9-32)23-16-21(29)15-22(27(23)35)19-6-7-25(24(28)13-19)33(17-34)11-10-31(2)3/h6-7,10-17,35H,4-5,8-9H2,1-3H3/b11-10-. The summed E-state index contributed by atoms with van der Waals surface area (Å²) in [4.78, 5) is 21.6. The van der Waals surface area contributed by atoms with Crippen LogP contribution in [0.4, 0.5) is 15.9 Å². The van der Waals surface area contributed by atoms with Gasteiger partial charge in [-0.05, 0) is 67.3 Å². The summed E-state index contributed by atoms with van der Waals surface area (Å²) < 4.78 is 14.8. The minimum absolute atomic E-state index is 0.0482. The molecule has 0 bridgehead atoms. The van der Waals surface area contributed by atoms with Gasteiger partial charge in [0.25, 0.3) is 0 Å². The van der Waals surface area contributed by atoms with Gasteiger partial charge in [0.1, 0.15) is 17.4 Å². The van der Waals surface area contributed by atoms with E-state index in [0.29, 0.717) is 39.4 Å². The number of hydrogen-bond donors (Lipinski definition) is 1. The van der Waals surface area contributed by atoms with Gasteiger partial charge in [0.05, 0.1) is 10.7 Å². The number of phenols is 1. The van der Waals surface area contributed by atoms with Crippen LogP contribution >= 0.6 is 11.6 Å². The monoisotopic (exact) mass is 494 g/mol. The first-order valence-corrected chi connectivity index (χ1v) is 11.8. The molecule has 2 heterocycles. The molecule has 1 fully saturated rings. The highest BCUT2D eigenvalue weighted by Gasteiger charge is 2.19. The van der Waals surface area contributed by atoms with Crippen LogP contribution in [0.3, 0.4) is 0 Å². The number of halogens is 2. The van der Waals surface area contributed by atoms with E-state index < -0.39 is 5.82 Å². The molecule has 35 heavy (non-hydrogen) atoms.